The van der Waals surface area contributed by atoms with Gasteiger partial charge in [0.25, 0.3) is 0 Å². The van der Waals surface area contributed by atoms with Crippen LogP contribution in [0.1, 0.15) is 47.7 Å². The smallest absolute Gasteiger partial charge is 0.250 e. The molecule has 2 aromatic carbocycles. The Morgan fingerprint density at radius 3 is 2.48 bits per heavy atom. The molecule has 0 bridgehead atoms. The number of para-hydroxylation sites is 1. The van der Waals surface area contributed by atoms with Gasteiger partial charge in [-0.2, -0.15) is 0 Å². The molecule has 0 aliphatic rings. The number of anilines is 1. The van der Waals surface area contributed by atoms with Crippen molar-refractivity contribution in [2.45, 2.75) is 39.5 Å². The third-order valence-electron chi connectivity index (χ3n) is 5.30. The van der Waals surface area contributed by atoms with E-state index in [9.17, 15) is 4.79 Å². The standard InChI is InChI=1S/C26H31N3O2/c1-3-4-8-16-29(23-9-6-5-7-10-23)17-15-21-11-13-24(20(2)18-21)31-25-14-12-22(19-28-25)26(27)30/h5-7,9-14,18-19H,3-4,8,15-17H2,1-2H3,(H2,27,30). The molecule has 0 saturated carbocycles. The lowest BCUT2D eigenvalue weighted by molar-refractivity contribution is 0.1000. The van der Waals surface area contributed by atoms with Crippen molar-refractivity contribution in [3.8, 4) is 11.6 Å². The predicted molar refractivity (Wildman–Crippen MR) is 126 cm³/mol. The largest absolute Gasteiger partial charge is 0.439 e. The quantitative estimate of drug-likeness (QED) is 0.417. The Morgan fingerprint density at radius 2 is 1.84 bits per heavy atom. The number of primary amides is 1. The third-order valence-corrected chi connectivity index (χ3v) is 5.30. The van der Waals surface area contributed by atoms with Crippen LogP contribution >= 0.6 is 0 Å². The summed E-state index contributed by atoms with van der Waals surface area (Å²) in [5.41, 5.74) is 9.22. The van der Waals surface area contributed by atoms with E-state index in [1.807, 2.05) is 13.0 Å². The minimum absolute atomic E-state index is 0.362. The van der Waals surface area contributed by atoms with Gasteiger partial charge in [-0.05, 0) is 55.2 Å². The molecule has 5 nitrogen and oxygen atoms in total. The van der Waals surface area contributed by atoms with E-state index in [4.69, 9.17) is 10.5 Å². The number of unbranched alkanes of at least 4 members (excludes halogenated alkanes) is 2. The number of carbonyl (C=O) groups is 1. The SMILES string of the molecule is CCCCCN(CCc1ccc(Oc2ccc(C(N)=O)cn2)c(C)c1)c1ccccc1. The molecule has 1 aromatic heterocycles. The van der Waals surface area contributed by atoms with Crippen LogP contribution < -0.4 is 15.4 Å². The van der Waals surface area contributed by atoms with E-state index in [0.717, 1.165) is 30.8 Å². The lowest BCUT2D eigenvalue weighted by Crippen LogP contribution is -2.27. The lowest BCUT2D eigenvalue weighted by Gasteiger charge is -2.25. The Morgan fingerprint density at radius 1 is 1.03 bits per heavy atom. The van der Waals surface area contributed by atoms with E-state index < -0.39 is 5.91 Å². The summed E-state index contributed by atoms with van der Waals surface area (Å²) in [5, 5.41) is 0. The van der Waals surface area contributed by atoms with Crippen molar-refractivity contribution in [2.24, 2.45) is 5.73 Å². The second-order valence-electron chi connectivity index (χ2n) is 7.73. The van der Waals surface area contributed by atoms with Crippen LogP contribution in [0.5, 0.6) is 11.6 Å². The van der Waals surface area contributed by atoms with Crippen LogP contribution in [-0.2, 0) is 6.42 Å². The van der Waals surface area contributed by atoms with Crippen LogP contribution in [-0.4, -0.2) is 24.0 Å². The molecule has 0 unspecified atom stereocenters. The molecule has 0 fully saturated rings. The summed E-state index contributed by atoms with van der Waals surface area (Å²) in [7, 11) is 0. The van der Waals surface area contributed by atoms with E-state index in [0.29, 0.717) is 11.4 Å². The molecule has 1 amide bonds. The van der Waals surface area contributed by atoms with Gasteiger partial charge in [0, 0.05) is 31.0 Å². The van der Waals surface area contributed by atoms with Crippen LogP contribution in [0.3, 0.4) is 0 Å². The number of hydrogen-bond acceptors (Lipinski definition) is 4. The number of rotatable bonds is 11. The minimum Gasteiger partial charge on any atom is -0.439 e. The monoisotopic (exact) mass is 417 g/mol. The van der Waals surface area contributed by atoms with Gasteiger partial charge in [-0.25, -0.2) is 4.98 Å². The van der Waals surface area contributed by atoms with Gasteiger partial charge in [-0.15, -0.1) is 0 Å². The maximum atomic E-state index is 11.2. The number of aryl methyl sites for hydroxylation is 1. The fourth-order valence-corrected chi connectivity index (χ4v) is 3.51. The summed E-state index contributed by atoms with van der Waals surface area (Å²) < 4.78 is 5.89. The fourth-order valence-electron chi connectivity index (χ4n) is 3.51. The number of carbonyl (C=O) groups excluding carboxylic acids is 1. The summed E-state index contributed by atoms with van der Waals surface area (Å²) in [6.45, 7) is 6.32. The van der Waals surface area contributed by atoms with Gasteiger partial charge in [-0.3, -0.25) is 4.79 Å². The maximum Gasteiger partial charge on any atom is 0.250 e. The van der Waals surface area contributed by atoms with Gasteiger partial charge < -0.3 is 15.4 Å². The van der Waals surface area contributed by atoms with Crippen molar-refractivity contribution in [1.82, 2.24) is 4.98 Å². The molecule has 0 aliphatic heterocycles. The first-order valence-corrected chi connectivity index (χ1v) is 10.9. The first kappa shape index (κ1) is 22.3. The number of hydrogen-bond donors (Lipinski definition) is 1. The minimum atomic E-state index is -0.501. The third kappa shape index (κ3) is 6.57. The Labute approximate surface area is 184 Å². The Balaban J connectivity index is 1.63. The van der Waals surface area contributed by atoms with E-state index in [1.54, 1.807) is 12.1 Å². The van der Waals surface area contributed by atoms with E-state index in [2.05, 4.69) is 59.3 Å². The molecule has 3 aromatic rings. The van der Waals surface area contributed by atoms with Gasteiger partial charge >= 0.3 is 0 Å². The first-order chi connectivity index (χ1) is 15.1. The molecule has 31 heavy (non-hydrogen) atoms. The molecule has 162 valence electrons. The van der Waals surface area contributed by atoms with Gasteiger partial charge in [0.1, 0.15) is 5.75 Å². The molecule has 0 aliphatic carbocycles. The van der Waals surface area contributed by atoms with Crippen LogP contribution in [0.2, 0.25) is 0 Å². The molecule has 0 spiro atoms. The number of nitrogens with zero attached hydrogens (tertiary/aromatic N) is 2. The summed E-state index contributed by atoms with van der Waals surface area (Å²) >= 11 is 0. The van der Waals surface area contributed by atoms with Crippen molar-refractivity contribution < 1.29 is 9.53 Å². The molecule has 0 radical (unpaired) electrons. The topological polar surface area (TPSA) is 68.5 Å². The lowest BCUT2D eigenvalue weighted by atomic mass is 10.1. The van der Waals surface area contributed by atoms with Gasteiger partial charge in [0.05, 0.1) is 5.56 Å². The first-order valence-electron chi connectivity index (χ1n) is 10.9. The van der Waals surface area contributed by atoms with E-state index >= 15 is 0 Å². The van der Waals surface area contributed by atoms with Crippen molar-refractivity contribution >= 4 is 11.6 Å². The average Bonchev–Trinajstić information content (AvgIpc) is 2.79. The number of nitrogens with two attached hydrogens (primary N) is 1. The zero-order valence-corrected chi connectivity index (χ0v) is 18.4. The zero-order chi connectivity index (χ0) is 22.1. The second kappa shape index (κ2) is 11.2. The highest BCUT2D eigenvalue weighted by molar-refractivity contribution is 5.92. The predicted octanol–water partition coefficient (Wildman–Crippen LogP) is 5.52. The summed E-state index contributed by atoms with van der Waals surface area (Å²) in [6, 6.07) is 20.2. The van der Waals surface area contributed by atoms with Crippen molar-refractivity contribution in [1.29, 1.82) is 0 Å². The molecule has 0 saturated heterocycles. The van der Waals surface area contributed by atoms with Crippen molar-refractivity contribution in [2.75, 3.05) is 18.0 Å². The molecule has 0 atom stereocenters. The highest BCUT2D eigenvalue weighted by Gasteiger charge is 2.09. The Bertz CT molecular complexity index is 972. The highest BCUT2D eigenvalue weighted by atomic mass is 16.5. The Kier molecular flexibility index (Phi) is 8.05. The fraction of sp³-hybridized carbons (Fsp3) is 0.308. The zero-order valence-electron chi connectivity index (χ0n) is 18.4. The number of pyridine rings is 1. The van der Waals surface area contributed by atoms with Crippen molar-refractivity contribution in [3.05, 3.63) is 83.6 Å². The molecular weight excluding hydrogens is 386 g/mol. The van der Waals surface area contributed by atoms with Crippen LogP contribution in [0, 0.1) is 6.92 Å². The van der Waals surface area contributed by atoms with Crippen LogP contribution in [0.15, 0.2) is 66.9 Å². The highest BCUT2D eigenvalue weighted by Crippen LogP contribution is 2.25. The Hall–Kier alpha value is -3.34. The number of ether oxygens (including phenoxy) is 1. The number of benzene rings is 2. The van der Waals surface area contributed by atoms with Crippen molar-refractivity contribution in [3.63, 3.8) is 0 Å². The maximum absolute atomic E-state index is 11.2. The molecular formula is C26H31N3O2. The molecule has 1 heterocycles. The summed E-state index contributed by atoms with van der Waals surface area (Å²) in [5.74, 6) is 0.691. The molecule has 5 heteroatoms. The van der Waals surface area contributed by atoms with Gasteiger partial charge in [-0.1, -0.05) is 50.1 Å². The number of aromatic nitrogens is 1. The van der Waals surface area contributed by atoms with Crippen LogP contribution in [0.25, 0.3) is 0 Å². The van der Waals surface area contributed by atoms with Gasteiger partial charge in [0.2, 0.25) is 11.8 Å². The normalized spacial score (nSPS) is 10.6. The second-order valence-corrected chi connectivity index (χ2v) is 7.73. The van der Waals surface area contributed by atoms with E-state index in [1.165, 1.54) is 36.7 Å². The molecule has 3 rings (SSSR count). The average molecular weight is 418 g/mol. The summed E-state index contributed by atoms with van der Waals surface area (Å²) in [4.78, 5) is 17.8. The summed E-state index contributed by atoms with van der Waals surface area (Å²) in [6.07, 6.45) is 6.08. The van der Waals surface area contributed by atoms with Gasteiger partial charge in [0.15, 0.2) is 0 Å². The molecule has 2 N–H and O–H groups in total. The van der Waals surface area contributed by atoms with Crippen LogP contribution in [0.4, 0.5) is 5.69 Å². The number of amides is 1. The van der Waals surface area contributed by atoms with E-state index in [-0.39, 0.29) is 0 Å².